The first-order valence-corrected chi connectivity index (χ1v) is 12.0. The van der Waals surface area contributed by atoms with Gasteiger partial charge in [-0.15, -0.1) is 0 Å². The molecular formula is C19H25N3O5S2. The summed E-state index contributed by atoms with van der Waals surface area (Å²) >= 11 is 0. The van der Waals surface area contributed by atoms with Crippen molar-refractivity contribution in [3.63, 3.8) is 0 Å². The van der Waals surface area contributed by atoms with Crippen LogP contribution in [0, 0.1) is 0 Å². The molecule has 10 heteroatoms. The van der Waals surface area contributed by atoms with Gasteiger partial charge in [0.05, 0.1) is 9.79 Å². The van der Waals surface area contributed by atoms with E-state index in [1.165, 1.54) is 41.7 Å². The lowest BCUT2D eigenvalue weighted by Crippen LogP contribution is -2.31. The predicted octanol–water partition coefficient (Wildman–Crippen LogP) is 1.56. The molecular weight excluding hydrogens is 414 g/mol. The van der Waals surface area contributed by atoms with E-state index in [1.807, 2.05) is 0 Å². The van der Waals surface area contributed by atoms with Crippen LogP contribution >= 0.6 is 0 Å². The largest absolute Gasteiger partial charge is 0.348 e. The lowest BCUT2D eigenvalue weighted by molar-refractivity contribution is 0.0950. The zero-order valence-corrected chi connectivity index (χ0v) is 18.2. The molecule has 0 spiro atoms. The minimum absolute atomic E-state index is 0.0653. The van der Waals surface area contributed by atoms with Crippen LogP contribution in [-0.2, 0) is 26.6 Å². The van der Waals surface area contributed by atoms with E-state index < -0.39 is 26.0 Å². The van der Waals surface area contributed by atoms with Crippen molar-refractivity contribution in [3.8, 4) is 0 Å². The monoisotopic (exact) mass is 439 g/mol. The molecule has 158 valence electrons. The average Bonchev–Trinajstić information content (AvgIpc) is 2.73. The van der Waals surface area contributed by atoms with Crippen LogP contribution in [0.15, 0.2) is 58.3 Å². The number of nitrogens with one attached hydrogen (secondary N) is 2. The van der Waals surface area contributed by atoms with Crippen molar-refractivity contribution >= 4 is 26.0 Å². The number of hydrogen-bond acceptors (Lipinski definition) is 5. The quantitative estimate of drug-likeness (QED) is 0.616. The highest BCUT2D eigenvalue weighted by atomic mass is 32.2. The molecule has 0 aliphatic heterocycles. The Morgan fingerprint density at radius 3 is 2.10 bits per heavy atom. The van der Waals surface area contributed by atoms with Gasteiger partial charge in [0.25, 0.3) is 5.91 Å². The first-order chi connectivity index (χ1) is 13.7. The molecule has 0 saturated carbocycles. The first-order valence-electron chi connectivity index (χ1n) is 9.06. The first kappa shape index (κ1) is 23.0. The van der Waals surface area contributed by atoms with Gasteiger partial charge in [0.2, 0.25) is 20.0 Å². The van der Waals surface area contributed by atoms with Crippen molar-refractivity contribution in [1.82, 2.24) is 14.3 Å². The van der Waals surface area contributed by atoms with Crippen molar-refractivity contribution in [3.05, 3.63) is 59.7 Å². The van der Waals surface area contributed by atoms with Crippen LogP contribution in [0.1, 0.15) is 29.8 Å². The summed E-state index contributed by atoms with van der Waals surface area (Å²) in [5, 5.41) is 2.71. The van der Waals surface area contributed by atoms with E-state index in [1.54, 1.807) is 32.0 Å². The lowest BCUT2D eigenvalue weighted by atomic mass is 10.2. The Morgan fingerprint density at radius 2 is 1.55 bits per heavy atom. The van der Waals surface area contributed by atoms with Gasteiger partial charge in [0.1, 0.15) is 0 Å². The molecule has 2 rings (SSSR count). The van der Waals surface area contributed by atoms with Crippen LogP contribution < -0.4 is 10.0 Å². The highest BCUT2D eigenvalue weighted by Gasteiger charge is 2.22. The maximum absolute atomic E-state index is 12.6. The van der Waals surface area contributed by atoms with Crippen molar-refractivity contribution in [1.29, 1.82) is 0 Å². The van der Waals surface area contributed by atoms with Gasteiger partial charge in [-0.1, -0.05) is 32.0 Å². The summed E-state index contributed by atoms with van der Waals surface area (Å²) in [6.07, 6.45) is 0. The Hall–Kier alpha value is -2.27. The van der Waals surface area contributed by atoms with Gasteiger partial charge in [0.15, 0.2) is 0 Å². The Bertz CT molecular complexity index is 1060. The summed E-state index contributed by atoms with van der Waals surface area (Å²) in [7, 11) is -5.84. The summed E-state index contributed by atoms with van der Waals surface area (Å²) in [6.45, 7) is 4.37. The van der Waals surface area contributed by atoms with E-state index in [0.717, 1.165) is 0 Å². The number of hydrogen-bond donors (Lipinski definition) is 2. The third-order valence-corrected chi connectivity index (χ3v) is 7.87. The summed E-state index contributed by atoms with van der Waals surface area (Å²) in [5.74, 6) is -0.423. The maximum atomic E-state index is 12.6. The summed E-state index contributed by atoms with van der Waals surface area (Å²) in [6, 6.07) is 12.0. The molecule has 0 unspecified atom stereocenters. The number of amides is 1. The van der Waals surface area contributed by atoms with Gasteiger partial charge < -0.3 is 5.32 Å². The van der Waals surface area contributed by atoms with Crippen LogP contribution in [0.5, 0.6) is 0 Å². The van der Waals surface area contributed by atoms with Crippen LogP contribution in [0.25, 0.3) is 0 Å². The van der Waals surface area contributed by atoms with Crippen LogP contribution in [0.2, 0.25) is 0 Å². The molecule has 2 N–H and O–H groups in total. The summed E-state index contributed by atoms with van der Waals surface area (Å²) < 4.78 is 52.3. The molecule has 1 amide bonds. The topological polar surface area (TPSA) is 113 Å². The minimum atomic E-state index is -3.66. The Balaban J connectivity index is 2.12. The summed E-state index contributed by atoms with van der Waals surface area (Å²) in [5.41, 5.74) is 0.938. The smallest absolute Gasteiger partial charge is 0.251 e. The Labute approximate surface area is 172 Å². The van der Waals surface area contributed by atoms with Crippen molar-refractivity contribution in [2.75, 3.05) is 20.1 Å². The lowest BCUT2D eigenvalue weighted by Gasteiger charge is -2.18. The fraction of sp³-hybridized carbons (Fsp3) is 0.316. The normalized spacial score (nSPS) is 12.1. The second-order valence-electron chi connectivity index (χ2n) is 6.15. The number of benzene rings is 2. The number of sulfonamides is 2. The van der Waals surface area contributed by atoms with Gasteiger partial charge in [-0.05, 0) is 42.9 Å². The minimum Gasteiger partial charge on any atom is -0.348 e. The molecule has 0 aliphatic carbocycles. The van der Waals surface area contributed by atoms with Crippen LogP contribution in [0.3, 0.4) is 0 Å². The fourth-order valence-corrected chi connectivity index (χ4v) is 4.93. The maximum Gasteiger partial charge on any atom is 0.251 e. The van der Waals surface area contributed by atoms with Crippen LogP contribution in [0.4, 0.5) is 0 Å². The fourth-order valence-electron chi connectivity index (χ4n) is 2.70. The zero-order valence-electron chi connectivity index (χ0n) is 16.5. The third kappa shape index (κ3) is 5.41. The molecule has 0 atom stereocenters. The number of rotatable bonds is 9. The number of carbonyl (C=O) groups excluding carboxylic acids is 1. The van der Waals surface area contributed by atoms with Gasteiger partial charge in [0, 0.05) is 25.2 Å². The van der Waals surface area contributed by atoms with E-state index in [-0.39, 0.29) is 21.9 Å². The van der Waals surface area contributed by atoms with Crippen molar-refractivity contribution in [2.24, 2.45) is 0 Å². The molecule has 0 saturated heterocycles. The molecule has 0 aliphatic rings. The SMILES string of the molecule is CCN(CC)S(=O)(=O)c1cccc(C(=O)NCc2ccc(S(=O)(=O)NC)cc2)c1. The molecule has 8 nitrogen and oxygen atoms in total. The van der Waals surface area contributed by atoms with E-state index in [0.29, 0.717) is 18.7 Å². The molecule has 0 aromatic heterocycles. The van der Waals surface area contributed by atoms with Gasteiger partial charge >= 0.3 is 0 Å². The molecule has 0 heterocycles. The Kier molecular flexibility index (Phi) is 7.53. The Morgan fingerprint density at radius 1 is 0.931 bits per heavy atom. The predicted molar refractivity (Wildman–Crippen MR) is 110 cm³/mol. The molecule has 0 bridgehead atoms. The molecule has 2 aromatic rings. The second-order valence-corrected chi connectivity index (χ2v) is 9.98. The second kappa shape index (κ2) is 9.49. The number of nitrogens with zero attached hydrogens (tertiary/aromatic N) is 1. The van der Waals surface area contributed by atoms with Crippen LogP contribution in [-0.4, -0.2) is 47.2 Å². The average molecular weight is 440 g/mol. The third-order valence-electron chi connectivity index (χ3n) is 4.39. The zero-order chi connectivity index (χ0) is 21.7. The molecule has 0 radical (unpaired) electrons. The highest BCUT2D eigenvalue weighted by Crippen LogP contribution is 2.17. The molecule has 0 fully saturated rings. The summed E-state index contributed by atoms with van der Waals surface area (Å²) in [4.78, 5) is 12.6. The van der Waals surface area contributed by atoms with Gasteiger partial charge in [-0.25, -0.2) is 21.6 Å². The number of carbonyl (C=O) groups is 1. The van der Waals surface area contributed by atoms with E-state index in [2.05, 4.69) is 10.0 Å². The highest BCUT2D eigenvalue weighted by molar-refractivity contribution is 7.89. The van der Waals surface area contributed by atoms with E-state index in [4.69, 9.17) is 0 Å². The van der Waals surface area contributed by atoms with Gasteiger partial charge in [-0.3, -0.25) is 4.79 Å². The van der Waals surface area contributed by atoms with Crippen molar-refractivity contribution in [2.45, 2.75) is 30.2 Å². The van der Waals surface area contributed by atoms with E-state index in [9.17, 15) is 21.6 Å². The van der Waals surface area contributed by atoms with Crippen molar-refractivity contribution < 1.29 is 21.6 Å². The van der Waals surface area contributed by atoms with Gasteiger partial charge in [-0.2, -0.15) is 4.31 Å². The standard InChI is InChI=1S/C19H25N3O5S2/c1-4-22(5-2)29(26,27)18-8-6-7-16(13-18)19(23)21-14-15-9-11-17(12-10-15)28(24,25)20-3/h6-13,20H,4-5,14H2,1-3H3,(H,21,23). The molecule has 2 aromatic carbocycles. The molecule has 29 heavy (non-hydrogen) atoms. The van der Waals surface area contributed by atoms with E-state index >= 15 is 0 Å².